The van der Waals surface area contributed by atoms with Gasteiger partial charge in [-0.1, -0.05) is 5.10 Å². The number of aliphatic carboxylic acids is 1. The molecule has 21 heavy (non-hydrogen) atoms. The summed E-state index contributed by atoms with van der Waals surface area (Å²) in [7, 11) is 1.62. The summed E-state index contributed by atoms with van der Waals surface area (Å²) in [6.45, 7) is 1.56. The number of benzene rings is 1. The van der Waals surface area contributed by atoms with Crippen molar-refractivity contribution >= 4 is 17.4 Å². The lowest BCUT2D eigenvalue weighted by molar-refractivity contribution is -0.274. The number of alkyl halides is 3. The second-order valence-corrected chi connectivity index (χ2v) is 4.60. The van der Waals surface area contributed by atoms with Crippen LogP contribution in [0.25, 0.3) is 0 Å². The van der Waals surface area contributed by atoms with Gasteiger partial charge in [-0.05, 0) is 19.1 Å². The maximum Gasteiger partial charge on any atom is 0.573 e. The first-order chi connectivity index (χ1) is 9.61. The van der Waals surface area contributed by atoms with Gasteiger partial charge in [0, 0.05) is 12.1 Å². The summed E-state index contributed by atoms with van der Waals surface area (Å²) in [5.41, 5.74) is 0.925. The molecule has 0 saturated heterocycles. The zero-order valence-electron chi connectivity index (χ0n) is 11.2. The summed E-state index contributed by atoms with van der Waals surface area (Å²) < 4.78 is 39.9. The van der Waals surface area contributed by atoms with Gasteiger partial charge in [-0.25, -0.2) is 4.79 Å². The molecule has 8 heteroatoms. The molecule has 1 aromatic rings. The van der Waals surface area contributed by atoms with Gasteiger partial charge in [0.05, 0.1) is 0 Å². The van der Waals surface area contributed by atoms with Gasteiger partial charge >= 0.3 is 12.3 Å². The van der Waals surface area contributed by atoms with Crippen LogP contribution in [0.2, 0.25) is 0 Å². The first kappa shape index (κ1) is 15.0. The Hall–Kier alpha value is -2.35. The molecule has 0 amide bonds. The van der Waals surface area contributed by atoms with Crippen molar-refractivity contribution in [1.82, 2.24) is 4.59 Å². The highest BCUT2D eigenvalue weighted by Gasteiger charge is 2.35. The van der Waals surface area contributed by atoms with Gasteiger partial charge in [-0.3, -0.25) is 0 Å². The lowest BCUT2D eigenvalue weighted by Crippen LogP contribution is -2.30. The molecule has 112 valence electrons. The normalized spacial score (nSPS) is 21.8. The minimum Gasteiger partial charge on any atom is -0.477 e. The van der Waals surface area contributed by atoms with Crippen LogP contribution in [0.3, 0.4) is 0 Å². The summed E-state index contributed by atoms with van der Waals surface area (Å²) >= 11 is 0. The number of carboxylic acids is 1. The molecule has 1 N–H and O–H groups in total. The molecule has 1 aliphatic heterocycles. The van der Waals surface area contributed by atoms with Crippen LogP contribution in [0.15, 0.2) is 41.1 Å². The molecule has 0 radical (unpaired) electrons. The number of quaternary nitrogens is 1. The van der Waals surface area contributed by atoms with E-state index in [9.17, 15) is 18.0 Å². The predicted molar refractivity (Wildman–Crippen MR) is 69.7 cm³/mol. The summed E-state index contributed by atoms with van der Waals surface area (Å²) in [4.78, 5) is 11.0. The molecular weight excluding hydrogens is 289 g/mol. The van der Waals surface area contributed by atoms with Crippen LogP contribution in [0.4, 0.5) is 18.9 Å². The fourth-order valence-corrected chi connectivity index (χ4v) is 2.03. The van der Waals surface area contributed by atoms with Crippen molar-refractivity contribution in [2.24, 2.45) is 5.10 Å². The molecule has 0 aromatic heterocycles. The van der Waals surface area contributed by atoms with Gasteiger partial charge in [0.15, 0.2) is 5.69 Å². The first-order valence-electron chi connectivity index (χ1n) is 5.87. The largest absolute Gasteiger partial charge is 0.573 e. The van der Waals surface area contributed by atoms with Crippen molar-refractivity contribution in [1.29, 1.82) is 0 Å². The smallest absolute Gasteiger partial charge is 0.477 e. The Kier molecular flexibility index (Phi) is 3.50. The van der Waals surface area contributed by atoms with Gasteiger partial charge in [-0.2, -0.15) is 0 Å². The molecule has 0 spiro atoms. The fraction of sp³-hybridized carbons (Fsp3) is 0.231. The topological polar surface area (TPSA) is 58.9 Å². The minimum absolute atomic E-state index is 0.0631. The average molecular weight is 301 g/mol. The van der Waals surface area contributed by atoms with Crippen molar-refractivity contribution < 1.29 is 27.8 Å². The molecule has 0 saturated carbocycles. The average Bonchev–Trinajstić information content (AvgIpc) is 2.65. The Bertz CT molecular complexity index is 635. The van der Waals surface area contributed by atoms with E-state index in [4.69, 9.17) is 5.11 Å². The van der Waals surface area contributed by atoms with E-state index in [0.717, 1.165) is 12.1 Å². The first-order valence-corrected chi connectivity index (χ1v) is 5.87. The minimum atomic E-state index is -4.75. The van der Waals surface area contributed by atoms with Crippen molar-refractivity contribution in [2.45, 2.75) is 13.3 Å². The second-order valence-electron chi connectivity index (χ2n) is 4.60. The Morgan fingerprint density at radius 3 is 2.29 bits per heavy atom. The van der Waals surface area contributed by atoms with Gasteiger partial charge in [0.25, 0.3) is 0 Å². The predicted octanol–water partition coefficient (Wildman–Crippen LogP) is 2.88. The Labute approximate surface area is 118 Å². The summed E-state index contributed by atoms with van der Waals surface area (Å²) in [6.07, 6.45) is -3.34. The monoisotopic (exact) mass is 301 g/mol. The van der Waals surface area contributed by atoms with Crippen molar-refractivity contribution in [2.75, 3.05) is 7.05 Å². The highest BCUT2D eigenvalue weighted by Crippen LogP contribution is 2.31. The van der Waals surface area contributed by atoms with Crippen molar-refractivity contribution in [3.8, 4) is 5.75 Å². The van der Waals surface area contributed by atoms with Crippen LogP contribution in [0, 0.1) is 0 Å². The van der Waals surface area contributed by atoms with Crippen LogP contribution in [-0.2, 0) is 4.79 Å². The molecule has 0 fully saturated rings. The number of carboxylic acid groups (broad SMARTS) is 1. The highest BCUT2D eigenvalue weighted by molar-refractivity contribution is 6.19. The van der Waals surface area contributed by atoms with E-state index >= 15 is 0 Å². The Balaban J connectivity index is 2.30. The van der Waals surface area contributed by atoms with Crippen molar-refractivity contribution in [3.05, 3.63) is 36.0 Å². The summed E-state index contributed by atoms with van der Waals surface area (Å²) in [5, 5.41) is 13.2. The van der Waals surface area contributed by atoms with E-state index in [-0.39, 0.29) is 15.9 Å². The van der Waals surface area contributed by atoms with Gasteiger partial charge in [-0.15, -0.1) is 17.8 Å². The zero-order valence-corrected chi connectivity index (χ0v) is 11.2. The zero-order chi connectivity index (χ0) is 15.8. The number of hydrogen-bond donors (Lipinski definition) is 1. The summed E-state index contributed by atoms with van der Waals surface area (Å²) in [5.74, 6) is -1.45. The van der Waals surface area contributed by atoms with E-state index in [1.807, 2.05) is 0 Å². The van der Waals surface area contributed by atoms with Gasteiger partial charge in [0.2, 0.25) is 0 Å². The standard InChI is InChI=1S/C13H11F3N2O3/c1-8-11(12(19)20)7-18(2,17-8)9-3-5-10(6-4-9)21-13(14,15)16/h3-7H,1-2H3/p+1. The number of halogens is 3. The van der Waals surface area contributed by atoms with Crippen LogP contribution >= 0.6 is 0 Å². The number of carbonyl (C=O) groups is 1. The Morgan fingerprint density at radius 2 is 1.86 bits per heavy atom. The third-order valence-corrected chi connectivity index (χ3v) is 2.95. The van der Waals surface area contributed by atoms with Gasteiger partial charge < -0.3 is 9.84 Å². The van der Waals surface area contributed by atoms with E-state index < -0.39 is 12.3 Å². The quantitative estimate of drug-likeness (QED) is 0.873. The van der Waals surface area contributed by atoms with Crippen LogP contribution in [0.1, 0.15) is 6.92 Å². The SMILES string of the molecule is CC1=N[N+](C)(c2ccc(OC(F)(F)F)cc2)C=C1C(=O)O. The second kappa shape index (κ2) is 4.88. The molecule has 1 aliphatic rings. The lowest BCUT2D eigenvalue weighted by atomic mass is 10.2. The maximum atomic E-state index is 12.1. The number of rotatable bonds is 3. The van der Waals surface area contributed by atoms with Crippen molar-refractivity contribution in [3.63, 3.8) is 0 Å². The van der Waals surface area contributed by atoms with Gasteiger partial charge in [0.1, 0.15) is 30.3 Å². The van der Waals surface area contributed by atoms with Crippen LogP contribution in [0.5, 0.6) is 5.75 Å². The van der Waals surface area contributed by atoms with E-state index in [2.05, 4.69) is 9.84 Å². The number of ether oxygens (including phenoxy) is 1. The molecule has 5 nitrogen and oxygen atoms in total. The molecule has 2 rings (SSSR count). The molecule has 1 atom stereocenters. The fourth-order valence-electron chi connectivity index (χ4n) is 2.03. The number of hydrogen-bond acceptors (Lipinski definition) is 3. The molecule has 0 bridgehead atoms. The molecule has 0 aliphatic carbocycles. The summed E-state index contributed by atoms with van der Waals surface area (Å²) in [6, 6.07) is 5.12. The molecular formula is C13H12F3N2O3+. The third kappa shape index (κ3) is 3.22. The molecule has 1 unspecified atom stereocenters. The van der Waals surface area contributed by atoms with E-state index in [0.29, 0.717) is 11.4 Å². The van der Waals surface area contributed by atoms with Crippen LogP contribution < -0.4 is 9.33 Å². The molecule has 1 aromatic carbocycles. The number of nitrogens with zero attached hydrogens (tertiary/aromatic N) is 2. The molecule has 1 heterocycles. The van der Waals surface area contributed by atoms with Crippen LogP contribution in [-0.4, -0.2) is 30.2 Å². The van der Waals surface area contributed by atoms with E-state index in [1.165, 1.54) is 18.3 Å². The third-order valence-electron chi connectivity index (χ3n) is 2.95. The van der Waals surface area contributed by atoms with E-state index in [1.54, 1.807) is 14.0 Å². The Morgan fingerprint density at radius 1 is 1.29 bits per heavy atom. The lowest BCUT2D eigenvalue weighted by Gasteiger charge is -2.20. The maximum absolute atomic E-state index is 12.1. The highest BCUT2D eigenvalue weighted by atomic mass is 19.4.